The summed E-state index contributed by atoms with van der Waals surface area (Å²) in [5, 5.41) is 18.4. The van der Waals surface area contributed by atoms with Crippen LogP contribution in [0.5, 0.6) is 0 Å². The van der Waals surface area contributed by atoms with Crippen LogP contribution in [0.25, 0.3) is 0 Å². The van der Waals surface area contributed by atoms with Crippen LogP contribution in [0.2, 0.25) is 0 Å². The van der Waals surface area contributed by atoms with E-state index in [0.717, 1.165) is 12.1 Å². The lowest BCUT2D eigenvalue weighted by Crippen LogP contribution is -2.29. The molecule has 0 aromatic carbocycles. The molecule has 5 nitrogen and oxygen atoms in total. The van der Waals surface area contributed by atoms with Gasteiger partial charge in [0.25, 0.3) is 0 Å². The average molecular weight is 213 g/mol. The molecule has 0 aliphatic heterocycles. The van der Waals surface area contributed by atoms with Crippen LogP contribution >= 0.6 is 0 Å². The normalized spacial score (nSPS) is 13.6. The fraction of sp³-hybridized carbons (Fsp3) is 0.600. The molecule has 0 unspecified atom stereocenters. The van der Waals surface area contributed by atoms with Crippen molar-refractivity contribution in [2.24, 2.45) is 5.73 Å². The minimum absolute atomic E-state index is 0.456. The number of rotatable bonds is 8. The summed E-state index contributed by atoms with van der Waals surface area (Å²) in [6.45, 7) is 3.24. The van der Waals surface area contributed by atoms with Gasteiger partial charge in [0.05, 0.1) is 0 Å². The Morgan fingerprint density at radius 1 is 1.67 bits per heavy atom. The third kappa shape index (κ3) is 7.84. The smallest absolute Gasteiger partial charge is 0.320 e. The lowest BCUT2D eigenvalue weighted by molar-refractivity contribution is -0.138. The highest BCUT2D eigenvalue weighted by atomic mass is 16.4. The lowest BCUT2D eigenvalue weighted by Gasteiger charge is -2.04. The summed E-state index contributed by atoms with van der Waals surface area (Å²) in [5.41, 5.74) is 6.48. The zero-order valence-electron chi connectivity index (χ0n) is 8.99. The second-order valence-electron chi connectivity index (χ2n) is 3.41. The molecule has 5 heteroatoms. The number of carboxylic acid groups (broad SMARTS) is 1. The zero-order valence-corrected chi connectivity index (χ0v) is 8.99. The van der Waals surface area contributed by atoms with Gasteiger partial charge in [0, 0.05) is 19.3 Å². The van der Waals surface area contributed by atoms with Gasteiger partial charge in [0.15, 0.2) is 0 Å². The molecular formula is C10H19N3O2. The van der Waals surface area contributed by atoms with E-state index in [2.05, 4.69) is 5.32 Å². The minimum Gasteiger partial charge on any atom is -0.480 e. The van der Waals surface area contributed by atoms with E-state index in [1.807, 2.05) is 13.0 Å². The molecule has 0 saturated heterocycles. The Kier molecular flexibility index (Phi) is 7.49. The van der Waals surface area contributed by atoms with E-state index in [1.165, 1.54) is 6.21 Å². The molecule has 0 aromatic rings. The standard InChI is InChI=1S/C10H19N3O2/c1-8(7-13-6-5-11)3-2-4-9(12)10(14)15/h3,5,9,11,13H,2,4,6-7,12H2,1H3,(H,14,15)/b8-3-,11-5?/t9-/m0/s1. The van der Waals surface area contributed by atoms with Gasteiger partial charge in [-0.25, -0.2) is 0 Å². The molecular weight excluding hydrogens is 194 g/mol. The maximum Gasteiger partial charge on any atom is 0.320 e. The number of carbonyl (C=O) groups is 1. The SMILES string of the molecule is C/C(=C/CC[C@H](N)C(=O)O)CNCC=N. The first-order valence-corrected chi connectivity index (χ1v) is 4.91. The second-order valence-corrected chi connectivity index (χ2v) is 3.41. The molecule has 0 heterocycles. The van der Waals surface area contributed by atoms with Crippen molar-refractivity contribution in [3.63, 3.8) is 0 Å². The number of carboxylic acids is 1. The number of hydrogen-bond acceptors (Lipinski definition) is 4. The van der Waals surface area contributed by atoms with Crippen LogP contribution in [0.4, 0.5) is 0 Å². The third-order valence-corrected chi connectivity index (χ3v) is 1.94. The Morgan fingerprint density at radius 2 is 2.33 bits per heavy atom. The molecule has 0 rings (SSSR count). The van der Waals surface area contributed by atoms with E-state index >= 15 is 0 Å². The molecule has 0 aromatic heterocycles. The Labute approximate surface area is 89.9 Å². The number of allylic oxidation sites excluding steroid dienone is 1. The molecule has 5 N–H and O–H groups in total. The highest BCUT2D eigenvalue weighted by molar-refractivity contribution is 5.72. The number of nitrogens with one attached hydrogen (secondary N) is 2. The van der Waals surface area contributed by atoms with Gasteiger partial charge in [-0.2, -0.15) is 0 Å². The topological polar surface area (TPSA) is 99.2 Å². The molecule has 0 spiro atoms. The average Bonchev–Trinajstić information content (AvgIpc) is 2.18. The van der Waals surface area contributed by atoms with E-state index in [-0.39, 0.29) is 0 Å². The van der Waals surface area contributed by atoms with E-state index in [1.54, 1.807) is 0 Å². The van der Waals surface area contributed by atoms with Crippen LogP contribution in [-0.2, 0) is 4.79 Å². The molecule has 0 radical (unpaired) electrons. The molecule has 0 bridgehead atoms. The fourth-order valence-corrected chi connectivity index (χ4v) is 1.05. The van der Waals surface area contributed by atoms with Crippen LogP contribution in [0.15, 0.2) is 11.6 Å². The van der Waals surface area contributed by atoms with Crippen molar-refractivity contribution in [1.82, 2.24) is 5.32 Å². The van der Waals surface area contributed by atoms with Gasteiger partial charge in [-0.1, -0.05) is 11.6 Å². The van der Waals surface area contributed by atoms with Gasteiger partial charge in [-0.15, -0.1) is 0 Å². The van der Waals surface area contributed by atoms with Crippen molar-refractivity contribution in [2.75, 3.05) is 13.1 Å². The van der Waals surface area contributed by atoms with Crippen molar-refractivity contribution < 1.29 is 9.90 Å². The largest absolute Gasteiger partial charge is 0.480 e. The summed E-state index contributed by atoms with van der Waals surface area (Å²) >= 11 is 0. The molecule has 0 fully saturated rings. The highest BCUT2D eigenvalue weighted by Crippen LogP contribution is 2.00. The van der Waals surface area contributed by atoms with Crippen molar-refractivity contribution >= 4 is 12.2 Å². The first kappa shape index (κ1) is 13.8. The fourth-order valence-electron chi connectivity index (χ4n) is 1.05. The molecule has 86 valence electrons. The first-order chi connectivity index (χ1) is 7.07. The van der Waals surface area contributed by atoms with Crippen LogP contribution in [0.3, 0.4) is 0 Å². The molecule has 0 aliphatic rings. The molecule has 0 saturated carbocycles. The summed E-state index contributed by atoms with van der Waals surface area (Å²) in [7, 11) is 0. The molecule has 1 atom stereocenters. The van der Waals surface area contributed by atoms with Crippen LogP contribution in [-0.4, -0.2) is 36.4 Å². The van der Waals surface area contributed by atoms with Gasteiger partial charge in [-0.05, 0) is 19.8 Å². The lowest BCUT2D eigenvalue weighted by atomic mass is 10.1. The maximum atomic E-state index is 10.4. The Hall–Kier alpha value is -1.20. The summed E-state index contributed by atoms with van der Waals surface area (Å²) < 4.78 is 0. The minimum atomic E-state index is -0.956. The van der Waals surface area contributed by atoms with E-state index in [4.69, 9.17) is 16.2 Å². The third-order valence-electron chi connectivity index (χ3n) is 1.94. The summed E-state index contributed by atoms with van der Waals surface area (Å²) in [4.78, 5) is 10.4. The molecule has 15 heavy (non-hydrogen) atoms. The number of hydrogen-bond donors (Lipinski definition) is 4. The quantitative estimate of drug-likeness (QED) is 0.266. The van der Waals surface area contributed by atoms with E-state index in [0.29, 0.717) is 19.4 Å². The molecule has 0 aliphatic carbocycles. The van der Waals surface area contributed by atoms with Crippen molar-refractivity contribution in [1.29, 1.82) is 5.41 Å². The van der Waals surface area contributed by atoms with Gasteiger partial charge in [0.2, 0.25) is 0 Å². The van der Waals surface area contributed by atoms with E-state index in [9.17, 15) is 4.79 Å². The second kappa shape index (κ2) is 8.14. The maximum absolute atomic E-state index is 10.4. The highest BCUT2D eigenvalue weighted by Gasteiger charge is 2.09. The summed E-state index contributed by atoms with van der Waals surface area (Å²) in [5.74, 6) is -0.956. The predicted octanol–water partition coefficient (Wildman–Crippen LogP) is 0.364. The van der Waals surface area contributed by atoms with Crippen molar-refractivity contribution in [2.45, 2.75) is 25.8 Å². The van der Waals surface area contributed by atoms with Crippen molar-refractivity contribution in [3.05, 3.63) is 11.6 Å². The Morgan fingerprint density at radius 3 is 2.87 bits per heavy atom. The van der Waals surface area contributed by atoms with E-state index < -0.39 is 12.0 Å². The van der Waals surface area contributed by atoms with Gasteiger partial charge in [-0.3, -0.25) is 4.79 Å². The zero-order chi connectivity index (χ0) is 11.7. The van der Waals surface area contributed by atoms with Crippen LogP contribution in [0.1, 0.15) is 19.8 Å². The predicted molar refractivity (Wildman–Crippen MR) is 60.3 cm³/mol. The number of nitrogens with two attached hydrogens (primary N) is 1. The van der Waals surface area contributed by atoms with Gasteiger partial charge < -0.3 is 21.6 Å². The Balaban J connectivity index is 3.66. The monoisotopic (exact) mass is 213 g/mol. The molecule has 0 amide bonds. The van der Waals surface area contributed by atoms with Crippen LogP contribution in [0, 0.1) is 5.41 Å². The van der Waals surface area contributed by atoms with Crippen molar-refractivity contribution in [3.8, 4) is 0 Å². The van der Waals surface area contributed by atoms with Crippen LogP contribution < -0.4 is 11.1 Å². The Bertz CT molecular complexity index is 239. The first-order valence-electron chi connectivity index (χ1n) is 4.91. The number of aliphatic carboxylic acids is 1. The summed E-state index contributed by atoms with van der Waals surface area (Å²) in [6, 6.07) is -0.774. The van der Waals surface area contributed by atoms with Gasteiger partial charge in [0.1, 0.15) is 6.04 Å². The van der Waals surface area contributed by atoms with Gasteiger partial charge >= 0.3 is 5.97 Å². The summed E-state index contributed by atoms with van der Waals surface area (Å²) in [6.07, 6.45) is 4.40.